The number of rotatable bonds is 3. The summed E-state index contributed by atoms with van der Waals surface area (Å²) in [6, 6.07) is 6.48. The summed E-state index contributed by atoms with van der Waals surface area (Å²) in [5, 5.41) is 11.0. The molecule has 1 saturated heterocycles. The third kappa shape index (κ3) is 3.96. The molecule has 4 rings (SSSR count). The van der Waals surface area contributed by atoms with Crippen LogP contribution in [0.5, 0.6) is 0 Å². The molecule has 0 aromatic carbocycles. The van der Waals surface area contributed by atoms with Gasteiger partial charge in [0.25, 0.3) is 0 Å². The fourth-order valence-electron chi connectivity index (χ4n) is 2.97. The lowest BCUT2D eigenvalue weighted by atomic mass is 10.2. The van der Waals surface area contributed by atoms with Crippen LogP contribution in [-0.2, 0) is 0 Å². The number of anilines is 3. The Morgan fingerprint density at radius 1 is 1.27 bits per heavy atom. The van der Waals surface area contributed by atoms with Gasteiger partial charge >= 0.3 is 0 Å². The van der Waals surface area contributed by atoms with E-state index in [1.54, 1.807) is 10.7 Å². The fourth-order valence-corrected chi connectivity index (χ4v) is 3.37. The minimum atomic E-state index is 0.472. The Kier molecular flexibility index (Phi) is 6.05. The highest BCUT2D eigenvalue weighted by molar-refractivity contribution is 9.10. The molecule has 26 heavy (non-hydrogen) atoms. The van der Waals surface area contributed by atoms with Gasteiger partial charge < -0.3 is 15.5 Å². The molecule has 1 aliphatic heterocycles. The first-order chi connectivity index (χ1) is 12.7. The first-order valence-electron chi connectivity index (χ1n) is 8.91. The van der Waals surface area contributed by atoms with E-state index in [0.29, 0.717) is 6.04 Å². The van der Waals surface area contributed by atoms with Crippen molar-refractivity contribution in [3.8, 4) is 0 Å². The maximum atomic E-state index is 4.56. The highest BCUT2D eigenvalue weighted by Crippen LogP contribution is 2.24. The third-order valence-corrected chi connectivity index (χ3v) is 4.56. The molecule has 0 saturated carbocycles. The van der Waals surface area contributed by atoms with Crippen LogP contribution < -0.4 is 15.5 Å². The van der Waals surface area contributed by atoms with Gasteiger partial charge in [-0.1, -0.05) is 13.8 Å². The fraction of sp³-hybridized carbons (Fsp3) is 0.389. The molecule has 7 nitrogen and oxygen atoms in total. The van der Waals surface area contributed by atoms with E-state index >= 15 is 0 Å². The smallest absolute Gasteiger partial charge is 0.177 e. The molecule has 0 bridgehead atoms. The molecule has 0 radical (unpaired) electrons. The van der Waals surface area contributed by atoms with Crippen molar-refractivity contribution in [2.75, 3.05) is 29.9 Å². The Bertz CT molecular complexity index is 846. The molecule has 138 valence electrons. The normalized spacial score (nSPS) is 16.9. The number of hydrogen-bond acceptors (Lipinski definition) is 6. The number of aromatic nitrogens is 4. The number of hydrogen-bond donors (Lipinski definition) is 2. The van der Waals surface area contributed by atoms with E-state index in [1.165, 1.54) is 0 Å². The van der Waals surface area contributed by atoms with E-state index in [9.17, 15) is 0 Å². The molecule has 8 heteroatoms. The molecule has 1 aliphatic rings. The van der Waals surface area contributed by atoms with E-state index in [4.69, 9.17) is 0 Å². The zero-order valence-electron chi connectivity index (χ0n) is 15.3. The Hall–Kier alpha value is -2.19. The first kappa shape index (κ1) is 18.6. The summed E-state index contributed by atoms with van der Waals surface area (Å²) in [5.74, 6) is 0.782. The van der Waals surface area contributed by atoms with E-state index in [1.807, 2.05) is 38.4 Å². The van der Waals surface area contributed by atoms with Gasteiger partial charge in [-0.2, -0.15) is 5.10 Å². The lowest BCUT2D eigenvalue weighted by molar-refractivity contribution is 0.500. The maximum absolute atomic E-state index is 4.56. The molecule has 3 aromatic rings. The summed E-state index contributed by atoms with van der Waals surface area (Å²) in [6.07, 6.45) is 5.46. The van der Waals surface area contributed by atoms with Gasteiger partial charge in [0.2, 0.25) is 0 Å². The number of nitrogens with one attached hydrogen (secondary N) is 2. The predicted octanol–water partition coefficient (Wildman–Crippen LogP) is 3.45. The van der Waals surface area contributed by atoms with Crippen LogP contribution in [0.25, 0.3) is 5.65 Å². The zero-order valence-corrected chi connectivity index (χ0v) is 16.9. The second kappa shape index (κ2) is 8.46. The van der Waals surface area contributed by atoms with Crippen molar-refractivity contribution in [2.24, 2.45) is 0 Å². The van der Waals surface area contributed by atoms with Crippen molar-refractivity contribution >= 4 is 38.8 Å². The quantitative estimate of drug-likeness (QED) is 0.679. The molecule has 1 atom stereocenters. The van der Waals surface area contributed by atoms with Crippen LogP contribution >= 0.6 is 15.9 Å². The van der Waals surface area contributed by atoms with Gasteiger partial charge in [-0.3, -0.25) is 0 Å². The molecule has 1 fully saturated rings. The summed E-state index contributed by atoms with van der Waals surface area (Å²) in [7, 11) is 0. The molecular formula is C18H24BrN7. The number of pyridine rings is 1. The SMILES string of the molecule is CC.C[C@H]1CNCCN1c1ccc(Nc2cc(Br)nn3ccnc23)nc1. The lowest BCUT2D eigenvalue weighted by Gasteiger charge is -2.35. The van der Waals surface area contributed by atoms with Gasteiger partial charge in [0, 0.05) is 44.1 Å². The summed E-state index contributed by atoms with van der Waals surface area (Å²) in [6.45, 7) is 9.24. The van der Waals surface area contributed by atoms with E-state index in [0.717, 1.165) is 47.1 Å². The Balaban J connectivity index is 0.000000948. The molecule has 2 N–H and O–H groups in total. The second-order valence-corrected chi connectivity index (χ2v) is 6.66. The topological polar surface area (TPSA) is 70.4 Å². The summed E-state index contributed by atoms with van der Waals surface area (Å²) >= 11 is 3.42. The summed E-state index contributed by atoms with van der Waals surface area (Å²) in [5.41, 5.74) is 2.77. The second-order valence-electron chi connectivity index (χ2n) is 5.85. The number of fused-ring (bicyclic) bond motifs is 1. The lowest BCUT2D eigenvalue weighted by Crippen LogP contribution is -2.49. The van der Waals surface area contributed by atoms with Crippen molar-refractivity contribution in [3.63, 3.8) is 0 Å². The predicted molar refractivity (Wildman–Crippen MR) is 109 cm³/mol. The van der Waals surface area contributed by atoms with Crippen LogP contribution in [0, 0.1) is 0 Å². The monoisotopic (exact) mass is 417 g/mol. The first-order valence-corrected chi connectivity index (χ1v) is 9.70. The van der Waals surface area contributed by atoms with Crippen LogP contribution in [0.4, 0.5) is 17.2 Å². The highest BCUT2D eigenvalue weighted by atomic mass is 79.9. The van der Waals surface area contributed by atoms with E-state index in [-0.39, 0.29) is 0 Å². The largest absolute Gasteiger partial charge is 0.365 e. The van der Waals surface area contributed by atoms with Gasteiger partial charge in [-0.05, 0) is 35.0 Å². The zero-order chi connectivity index (χ0) is 18.5. The molecule has 0 spiro atoms. The average molecular weight is 418 g/mol. The molecule has 3 aromatic heterocycles. The van der Waals surface area contributed by atoms with Crippen LogP contribution in [0.15, 0.2) is 41.4 Å². The number of piperazine rings is 1. The Labute approximate surface area is 162 Å². The highest BCUT2D eigenvalue weighted by Gasteiger charge is 2.18. The average Bonchev–Trinajstić information content (AvgIpc) is 3.13. The molecule has 0 amide bonds. The van der Waals surface area contributed by atoms with Gasteiger partial charge in [-0.25, -0.2) is 14.5 Å². The van der Waals surface area contributed by atoms with Crippen LogP contribution in [0.2, 0.25) is 0 Å². The third-order valence-electron chi connectivity index (χ3n) is 4.17. The van der Waals surface area contributed by atoms with E-state index < -0.39 is 0 Å². The van der Waals surface area contributed by atoms with Crippen LogP contribution in [0.1, 0.15) is 20.8 Å². The Morgan fingerprint density at radius 3 is 2.85 bits per heavy atom. The molecule has 0 unspecified atom stereocenters. The summed E-state index contributed by atoms with van der Waals surface area (Å²) in [4.78, 5) is 11.3. The minimum Gasteiger partial charge on any atom is -0.365 e. The maximum Gasteiger partial charge on any atom is 0.177 e. The van der Waals surface area contributed by atoms with Crippen molar-refractivity contribution in [1.82, 2.24) is 24.9 Å². The van der Waals surface area contributed by atoms with Crippen molar-refractivity contribution in [3.05, 3.63) is 41.4 Å². The molecule has 0 aliphatic carbocycles. The number of halogens is 1. The van der Waals surface area contributed by atoms with Crippen LogP contribution in [-0.4, -0.2) is 45.3 Å². The van der Waals surface area contributed by atoms with Crippen molar-refractivity contribution < 1.29 is 0 Å². The van der Waals surface area contributed by atoms with Gasteiger partial charge in [0.1, 0.15) is 10.4 Å². The minimum absolute atomic E-state index is 0.472. The van der Waals surface area contributed by atoms with Crippen molar-refractivity contribution in [2.45, 2.75) is 26.8 Å². The number of imidazole rings is 1. The van der Waals surface area contributed by atoms with Gasteiger partial charge in [0.05, 0.1) is 17.6 Å². The Morgan fingerprint density at radius 2 is 2.12 bits per heavy atom. The van der Waals surface area contributed by atoms with Gasteiger partial charge in [0.15, 0.2) is 5.65 Å². The number of nitrogens with zero attached hydrogens (tertiary/aromatic N) is 5. The van der Waals surface area contributed by atoms with E-state index in [2.05, 4.69) is 59.5 Å². The summed E-state index contributed by atoms with van der Waals surface area (Å²) < 4.78 is 2.46. The van der Waals surface area contributed by atoms with Gasteiger partial charge in [-0.15, -0.1) is 0 Å². The van der Waals surface area contributed by atoms with Crippen molar-refractivity contribution in [1.29, 1.82) is 0 Å². The standard InChI is InChI=1S/C16H18BrN7.C2H6/c1-11-9-18-4-6-23(11)12-2-3-15(20-10-12)21-13-8-14(17)22-24-7-5-19-16(13)24;1-2/h2-3,5,7-8,10-11,18H,4,6,9H2,1H3,(H,20,21);1-2H3/t11-;/m0./s1. The van der Waals surface area contributed by atoms with Crippen LogP contribution in [0.3, 0.4) is 0 Å². The molecule has 4 heterocycles. The molecular weight excluding hydrogens is 394 g/mol.